The van der Waals surface area contributed by atoms with Crippen molar-refractivity contribution < 1.29 is 34.1 Å². The van der Waals surface area contributed by atoms with E-state index in [1.165, 1.54) is 12.0 Å². The Morgan fingerprint density at radius 3 is 2.35 bits per heavy atom. The van der Waals surface area contributed by atoms with Crippen LogP contribution >= 0.6 is 35.4 Å². The summed E-state index contributed by atoms with van der Waals surface area (Å²) in [5, 5.41) is 24.2. The van der Waals surface area contributed by atoms with E-state index in [1.807, 2.05) is 0 Å². The Morgan fingerprint density at radius 1 is 1.07 bits per heavy atom. The van der Waals surface area contributed by atoms with Crippen LogP contribution in [0, 0.1) is 0 Å². The van der Waals surface area contributed by atoms with Crippen molar-refractivity contribution in [3.8, 4) is 0 Å². The third-order valence-electron chi connectivity index (χ3n) is 6.91. The number of piperazine rings is 1. The summed E-state index contributed by atoms with van der Waals surface area (Å²) < 4.78 is 5.02. The zero-order valence-corrected chi connectivity index (χ0v) is 24.3. The molecule has 0 spiro atoms. The van der Waals surface area contributed by atoms with Gasteiger partial charge in [-0.05, 0) is 55.8 Å². The molecule has 0 saturated carbocycles. The van der Waals surface area contributed by atoms with E-state index < -0.39 is 36.5 Å². The zero-order chi connectivity index (χ0) is 29.4. The summed E-state index contributed by atoms with van der Waals surface area (Å²) in [7, 11) is 1.28. The van der Waals surface area contributed by atoms with Crippen molar-refractivity contribution in [3.63, 3.8) is 0 Å². The van der Waals surface area contributed by atoms with Crippen LogP contribution in [0.5, 0.6) is 0 Å². The lowest BCUT2D eigenvalue weighted by molar-refractivity contribution is -0.145. The molecule has 220 valence electrons. The number of methoxy groups -OCH3 is 1. The maximum atomic E-state index is 13.6. The number of carbonyl (C=O) groups excluding carboxylic acids is 2. The van der Waals surface area contributed by atoms with Crippen LogP contribution in [-0.2, 0) is 25.5 Å². The molecule has 4 N–H and O–H groups in total. The number of halogens is 2. The summed E-state index contributed by atoms with van der Waals surface area (Å²) in [6, 6.07) is 2.74. The first-order chi connectivity index (χ1) is 19.0. The van der Waals surface area contributed by atoms with Crippen LogP contribution in [0.25, 0.3) is 0 Å². The first kappa shape index (κ1) is 31.7. The van der Waals surface area contributed by atoms with Crippen LogP contribution in [0.1, 0.15) is 24.8 Å². The minimum absolute atomic E-state index is 0.0628. The van der Waals surface area contributed by atoms with Gasteiger partial charge in [0.1, 0.15) is 6.04 Å². The predicted molar refractivity (Wildman–Crippen MR) is 152 cm³/mol. The number of nitrogens with zero attached hydrogens (tertiary/aromatic N) is 3. The SMILES string of the molecule is COC(=O)N1C[C@@H](CN2CCCC2)N(C(=O)Cc2ccc(Cl)c(Cl)c2)C[C@H]1CNC(=S)N[C@@H](CC(=O)O)C(=O)O. The molecule has 3 atom stereocenters. The van der Waals surface area contributed by atoms with Gasteiger partial charge in [0.05, 0.1) is 42.1 Å². The normalized spacial score (nSPS) is 20.1. The summed E-state index contributed by atoms with van der Waals surface area (Å²) in [5.74, 6) is -2.82. The van der Waals surface area contributed by atoms with E-state index in [2.05, 4.69) is 15.5 Å². The minimum atomic E-state index is -1.44. The second kappa shape index (κ2) is 14.7. The van der Waals surface area contributed by atoms with Gasteiger partial charge in [-0.15, -0.1) is 0 Å². The first-order valence-corrected chi connectivity index (χ1v) is 13.9. The van der Waals surface area contributed by atoms with Gasteiger partial charge in [-0.25, -0.2) is 9.59 Å². The second-order valence-corrected chi connectivity index (χ2v) is 11.0. The fourth-order valence-corrected chi connectivity index (χ4v) is 5.46. The zero-order valence-electron chi connectivity index (χ0n) is 22.0. The molecule has 2 aliphatic rings. The monoisotopic (exact) mass is 617 g/mol. The molecule has 0 bridgehead atoms. The lowest BCUT2D eigenvalue weighted by Gasteiger charge is -2.46. The summed E-state index contributed by atoms with van der Waals surface area (Å²) in [5.41, 5.74) is 0.702. The molecule has 2 saturated heterocycles. The number of hydrogen-bond acceptors (Lipinski definition) is 7. The van der Waals surface area contributed by atoms with Crippen molar-refractivity contribution in [1.82, 2.24) is 25.3 Å². The number of ether oxygens (including phenoxy) is 1. The van der Waals surface area contributed by atoms with E-state index in [4.69, 9.17) is 45.3 Å². The molecule has 12 nitrogen and oxygen atoms in total. The Hall–Kier alpha value is -2.87. The number of likely N-dealkylation sites (tertiary alicyclic amines) is 1. The first-order valence-electron chi connectivity index (χ1n) is 12.8. The van der Waals surface area contributed by atoms with Gasteiger partial charge in [0.25, 0.3) is 0 Å². The van der Waals surface area contributed by atoms with Crippen molar-refractivity contribution in [2.75, 3.05) is 46.4 Å². The van der Waals surface area contributed by atoms with Gasteiger partial charge >= 0.3 is 18.0 Å². The maximum absolute atomic E-state index is 13.6. The topological polar surface area (TPSA) is 152 Å². The molecule has 1 aromatic carbocycles. The Kier molecular flexibility index (Phi) is 11.6. The molecule has 1 aromatic rings. The number of thiocarbonyl (C=S) groups is 1. The van der Waals surface area contributed by atoms with Gasteiger partial charge in [-0.1, -0.05) is 29.3 Å². The lowest BCUT2D eigenvalue weighted by atomic mass is 10.0. The number of benzene rings is 1. The molecule has 40 heavy (non-hydrogen) atoms. The molecule has 0 unspecified atom stereocenters. The van der Waals surface area contributed by atoms with Crippen LogP contribution < -0.4 is 10.6 Å². The van der Waals surface area contributed by atoms with Crippen LogP contribution in [0.3, 0.4) is 0 Å². The van der Waals surface area contributed by atoms with E-state index in [0.717, 1.165) is 25.9 Å². The standard InChI is InChI=1S/C25H33Cl2N5O7S/c1-39-25(38)32-14-17(12-30-6-2-3-7-30)31(21(33)9-15-4-5-18(26)19(27)8-15)13-16(32)11-28-24(40)29-20(23(36)37)10-22(34)35/h4-5,8,16-17,20H,2-3,6-7,9-14H2,1H3,(H,34,35)(H,36,37)(H2,28,29,40)/t16-,17-,20+/m1/s1. The number of amides is 2. The Labute approximate surface area is 247 Å². The fourth-order valence-electron chi connectivity index (χ4n) is 4.91. The summed E-state index contributed by atoms with van der Waals surface area (Å²) >= 11 is 17.4. The molecule has 2 heterocycles. The summed E-state index contributed by atoms with van der Waals surface area (Å²) in [4.78, 5) is 54.3. The number of carbonyl (C=O) groups is 4. The van der Waals surface area contributed by atoms with Crippen molar-refractivity contribution >= 4 is 64.5 Å². The van der Waals surface area contributed by atoms with Crippen molar-refractivity contribution in [1.29, 1.82) is 0 Å². The van der Waals surface area contributed by atoms with Gasteiger partial charge in [0, 0.05) is 26.2 Å². The average molecular weight is 619 g/mol. The number of aliphatic carboxylic acids is 2. The quantitative estimate of drug-likeness (QED) is 0.284. The van der Waals surface area contributed by atoms with Gasteiger partial charge < -0.3 is 35.4 Å². The number of carboxylic acids is 2. The lowest BCUT2D eigenvalue weighted by Crippen LogP contribution is -2.66. The summed E-state index contributed by atoms with van der Waals surface area (Å²) in [6.07, 6.45) is 0.982. The van der Waals surface area contributed by atoms with E-state index in [9.17, 15) is 24.3 Å². The molecule has 2 amide bonds. The Bertz CT molecular complexity index is 1120. The number of rotatable bonds is 10. The predicted octanol–water partition coefficient (Wildman–Crippen LogP) is 1.67. The van der Waals surface area contributed by atoms with E-state index in [1.54, 1.807) is 23.1 Å². The molecule has 3 rings (SSSR count). The molecular weight excluding hydrogens is 585 g/mol. The van der Waals surface area contributed by atoms with Gasteiger partial charge in [-0.3, -0.25) is 14.5 Å². The Morgan fingerprint density at radius 2 is 1.75 bits per heavy atom. The van der Waals surface area contributed by atoms with Crippen LogP contribution in [0.4, 0.5) is 4.79 Å². The molecule has 2 fully saturated rings. The number of nitrogens with one attached hydrogen (secondary N) is 2. The van der Waals surface area contributed by atoms with Crippen molar-refractivity contribution in [3.05, 3.63) is 33.8 Å². The number of carboxylic acid groups (broad SMARTS) is 2. The number of hydrogen-bond donors (Lipinski definition) is 4. The minimum Gasteiger partial charge on any atom is -0.481 e. The molecule has 0 radical (unpaired) electrons. The molecule has 2 aliphatic heterocycles. The highest BCUT2D eigenvalue weighted by molar-refractivity contribution is 7.80. The van der Waals surface area contributed by atoms with E-state index in [0.29, 0.717) is 22.2 Å². The third-order valence-corrected chi connectivity index (χ3v) is 7.91. The van der Waals surface area contributed by atoms with Gasteiger partial charge in [0.15, 0.2) is 5.11 Å². The highest BCUT2D eigenvalue weighted by atomic mass is 35.5. The van der Waals surface area contributed by atoms with Crippen LogP contribution in [-0.4, -0.2) is 118 Å². The molecule has 15 heteroatoms. The summed E-state index contributed by atoms with van der Waals surface area (Å²) in [6.45, 7) is 2.87. The third kappa shape index (κ3) is 8.82. The van der Waals surface area contributed by atoms with Gasteiger partial charge in [0.2, 0.25) is 5.91 Å². The van der Waals surface area contributed by atoms with Crippen LogP contribution in [0.2, 0.25) is 10.0 Å². The highest BCUT2D eigenvalue weighted by Crippen LogP contribution is 2.25. The molecule has 0 aliphatic carbocycles. The molecular formula is C25H33Cl2N5O7S. The smallest absolute Gasteiger partial charge is 0.409 e. The van der Waals surface area contributed by atoms with Gasteiger partial charge in [-0.2, -0.15) is 0 Å². The fraction of sp³-hybridized carbons (Fsp3) is 0.560. The second-order valence-electron chi connectivity index (χ2n) is 9.75. The average Bonchev–Trinajstić information content (AvgIpc) is 3.41. The van der Waals surface area contributed by atoms with E-state index in [-0.39, 0.29) is 43.1 Å². The van der Waals surface area contributed by atoms with Crippen molar-refractivity contribution in [2.45, 2.75) is 43.8 Å². The van der Waals surface area contributed by atoms with Crippen molar-refractivity contribution in [2.24, 2.45) is 0 Å². The largest absolute Gasteiger partial charge is 0.481 e. The maximum Gasteiger partial charge on any atom is 0.409 e. The van der Waals surface area contributed by atoms with E-state index >= 15 is 0 Å². The molecule has 0 aromatic heterocycles. The Balaban J connectivity index is 1.77. The highest BCUT2D eigenvalue weighted by Gasteiger charge is 2.40. The van der Waals surface area contributed by atoms with Crippen LogP contribution in [0.15, 0.2) is 18.2 Å².